The highest BCUT2D eigenvalue weighted by Gasteiger charge is 2.17. The monoisotopic (exact) mass is 390 g/mol. The quantitative estimate of drug-likeness (QED) is 0.624. The number of carbonyl (C=O) groups excluding carboxylic acids is 3. The fraction of sp³-hybridized carbons (Fsp3) is 0.333. The van der Waals surface area contributed by atoms with E-state index in [2.05, 4.69) is 21.3 Å². The molecule has 0 radical (unpaired) electrons. The second-order valence-electron chi connectivity index (χ2n) is 5.82. The van der Waals surface area contributed by atoms with Crippen molar-refractivity contribution in [3.05, 3.63) is 47.2 Å². The molecule has 2 aromatic rings. The smallest absolute Gasteiger partial charge is 0.269 e. The minimum Gasteiger partial charge on any atom is -0.360 e. The predicted molar refractivity (Wildman–Crippen MR) is 103 cm³/mol. The van der Waals surface area contributed by atoms with Gasteiger partial charge < -0.3 is 9.84 Å². The zero-order valence-electron chi connectivity index (χ0n) is 15.4. The summed E-state index contributed by atoms with van der Waals surface area (Å²) in [7, 11) is 0. The molecule has 1 atom stereocenters. The van der Waals surface area contributed by atoms with Crippen LogP contribution in [-0.4, -0.2) is 33.9 Å². The second-order valence-corrected chi connectivity index (χ2v) is 7.15. The number of hydrazine groups is 1. The number of nitrogens with one attached hydrogen (secondary N) is 3. The molecule has 27 heavy (non-hydrogen) atoms. The number of benzene rings is 1. The van der Waals surface area contributed by atoms with Gasteiger partial charge in [0.25, 0.3) is 5.91 Å². The third-order valence-electron chi connectivity index (χ3n) is 3.65. The second kappa shape index (κ2) is 9.77. The van der Waals surface area contributed by atoms with Crippen molar-refractivity contribution in [1.29, 1.82) is 0 Å². The summed E-state index contributed by atoms with van der Waals surface area (Å²) < 4.78 is 4.87. The van der Waals surface area contributed by atoms with E-state index < -0.39 is 17.1 Å². The van der Waals surface area contributed by atoms with Crippen molar-refractivity contribution in [3.8, 4) is 0 Å². The summed E-state index contributed by atoms with van der Waals surface area (Å²) in [6.07, 6.45) is 0.887. The van der Waals surface area contributed by atoms with Gasteiger partial charge in [-0.3, -0.25) is 25.2 Å². The molecule has 1 aromatic carbocycles. The average Bonchev–Trinajstić information content (AvgIpc) is 3.08. The van der Waals surface area contributed by atoms with E-state index in [4.69, 9.17) is 4.52 Å². The fourth-order valence-corrected chi connectivity index (χ4v) is 2.74. The molecule has 0 saturated heterocycles. The molecular formula is C18H22N4O4S. The predicted octanol–water partition coefficient (Wildman–Crippen LogP) is 2.07. The van der Waals surface area contributed by atoms with Crippen LogP contribution in [0.5, 0.6) is 0 Å². The lowest BCUT2D eigenvalue weighted by molar-refractivity contribution is -0.119. The van der Waals surface area contributed by atoms with Crippen molar-refractivity contribution in [3.63, 3.8) is 0 Å². The minimum absolute atomic E-state index is 0.0154. The van der Waals surface area contributed by atoms with Crippen LogP contribution in [0.4, 0.5) is 5.82 Å². The summed E-state index contributed by atoms with van der Waals surface area (Å²) >= 11 is 1.14. The van der Waals surface area contributed by atoms with Gasteiger partial charge in [-0.15, -0.1) is 11.8 Å². The van der Waals surface area contributed by atoms with Crippen LogP contribution in [0, 0.1) is 6.92 Å². The molecule has 3 N–H and O–H groups in total. The molecule has 1 heterocycles. The van der Waals surface area contributed by atoms with Gasteiger partial charge in [0.1, 0.15) is 5.76 Å². The molecule has 0 unspecified atom stereocenters. The third-order valence-corrected chi connectivity index (χ3v) is 4.80. The van der Waals surface area contributed by atoms with Crippen LogP contribution in [0.3, 0.4) is 0 Å². The Bertz CT molecular complexity index is 804. The van der Waals surface area contributed by atoms with Gasteiger partial charge in [-0.1, -0.05) is 24.2 Å². The first-order chi connectivity index (χ1) is 12.9. The number of amides is 3. The number of nitrogens with zero attached hydrogens (tertiary/aromatic N) is 1. The van der Waals surface area contributed by atoms with Gasteiger partial charge in [0, 0.05) is 11.6 Å². The van der Waals surface area contributed by atoms with Gasteiger partial charge in [0.2, 0.25) is 11.8 Å². The first kappa shape index (κ1) is 20.5. The van der Waals surface area contributed by atoms with E-state index in [9.17, 15) is 14.4 Å². The van der Waals surface area contributed by atoms with Crippen LogP contribution in [0.1, 0.15) is 35.5 Å². The maximum Gasteiger partial charge on any atom is 0.269 e. The van der Waals surface area contributed by atoms with Gasteiger partial charge in [-0.2, -0.15) is 0 Å². The zero-order valence-corrected chi connectivity index (χ0v) is 16.2. The van der Waals surface area contributed by atoms with Gasteiger partial charge in [0.05, 0.1) is 11.0 Å². The third kappa shape index (κ3) is 6.45. The number of anilines is 1. The topological polar surface area (TPSA) is 113 Å². The molecule has 0 aliphatic rings. The first-order valence-corrected chi connectivity index (χ1v) is 9.47. The molecule has 0 fully saturated rings. The van der Waals surface area contributed by atoms with Gasteiger partial charge in [-0.25, -0.2) is 0 Å². The van der Waals surface area contributed by atoms with Crippen molar-refractivity contribution in [1.82, 2.24) is 16.0 Å². The van der Waals surface area contributed by atoms with Crippen LogP contribution in [0.2, 0.25) is 0 Å². The molecule has 8 nitrogen and oxygen atoms in total. The van der Waals surface area contributed by atoms with Crippen molar-refractivity contribution >= 4 is 35.3 Å². The fourth-order valence-electron chi connectivity index (χ4n) is 2.06. The normalized spacial score (nSPS) is 11.5. The lowest BCUT2D eigenvalue weighted by Crippen LogP contribution is -2.42. The number of hydrogen-bond donors (Lipinski definition) is 3. The Balaban J connectivity index is 1.71. The summed E-state index contributed by atoms with van der Waals surface area (Å²) in [6.45, 7) is 5.42. The molecule has 2 rings (SSSR count). The van der Waals surface area contributed by atoms with Crippen molar-refractivity contribution in [2.24, 2.45) is 0 Å². The van der Waals surface area contributed by atoms with Crippen LogP contribution in [0.15, 0.2) is 34.9 Å². The summed E-state index contributed by atoms with van der Waals surface area (Å²) in [6, 6.07) is 8.73. The Morgan fingerprint density at radius 3 is 2.48 bits per heavy atom. The number of hydrogen-bond acceptors (Lipinski definition) is 6. The highest BCUT2D eigenvalue weighted by atomic mass is 32.2. The van der Waals surface area contributed by atoms with Gasteiger partial charge in [-0.05, 0) is 38.0 Å². The van der Waals surface area contributed by atoms with Gasteiger partial charge in [0.15, 0.2) is 5.82 Å². The van der Waals surface area contributed by atoms with Crippen LogP contribution in [-0.2, 0) is 16.0 Å². The average molecular weight is 390 g/mol. The molecule has 0 bridgehead atoms. The van der Waals surface area contributed by atoms with Crippen LogP contribution >= 0.6 is 11.8 Å². The Kier molecular flexibility index (Phi) is 7.42. The Morgan fingerprint density at radius 1 is 1.19 bits per heavy atom. The lowest BCUT2D eigenvalue weighted by Gasteiger charge is -2.11. The number of carbonyl (C=O) groups is 3. The van der Waals surface area contributed by atoms with Crippen molar-refractivity contribution < 1.29 is 18.9 Å². The SMILES string of the molecule is CCc1ccc(C(=O)NNC(=O)CS[C@H](C)C(=O)Nc2cc(C)on2)cc1. The molecular weight excluding hydrogens is 368 g/mol. The van der Waals surface area contributed by atoms with E-state index >= 15 is 0 Å². The van der Waals surface area contributed by atoms with E-state index in [0.717, 1.165) is 23.7 Å². The van der Waals surface area contributed by atoms with E-state index in [1.807, 2.05) is 19.1 Å². The molecule has 0 aliphatic heterocycles. The Morgan fingerprint density at radius 2 is 1.89 bits per heavy atom. The van der Waals surface area contributed by atoms with E-state index in [-0.39, 0.29) is 11.7 Å². The van der Waals surface area contributed by atoms with Crippen LogP contribution < -0.4 is 16.2 Å². The zero-order chi connectivity index (χ0) is 19.8. The lowest BCUT2D eigenvalue weighted by atomic mass is 10.1. The Labute approximate surface area is 161 Å². The minimum atomic E-state index is -0.481. The molecule has 0 saturated carbocycles. The molecule has 144 valence electrons. The molecule has 0 spiro atoms. The summed E-state index contributed by atoms with van der Waals surface area (Å²) in [5, 5.41) is 5.80. The molecule has 1 aromatic heterocycles. The van der Waals surface area contributed by atoms with E-state index in [1.54, 1.807) is 32.0 Å². The number of thioether (sulfide) groups is 1. The Hall–Kier alpha value is -2.81. The van der Waals surface area contributed by atoms with Gasteiger partial charge >= 0.3 is 0 Å². The largest absolute Gasteiger partial charge is 0.360 e. The maximum absolute atomic E-state index is 12.0. The summed E-state index contributed by atoms with van der Waals surface area (Å²) in [5.41, 5.74) is 6.27. The van der Waals surface area contributed by atoms with Crippen LogP contribution in [0.25, 0.3) is 0 Å². The highest BCUT2D eigenvalue weighted by molar-refractivity contribution is 8.01. The van der Waals surface area contributed by atoms with Crippen molar-refractivity contribution in [2.45, 2.75) is 32.4 Å². The maximum atomic E-state index is 12.0. The summed E-state index contributed by atoms with van der Waals surface area (Å²) in [4.78, 5) is 35.9. The van der Waals surface area contributed by atoms with Crippen molar-refractivity contribution in [2.75, 3.05) is 11.1 Å². The van der Waals surface area contributed by atoms with E-state index in [1.165, 1.54) is 0 Å². The highest BCUT2D eigenvalue weighted by Crippen LogP contribution is 2.14. The number of aryl methyl sites for hydroxylation is 2. The summed E-state index contributed by atoms with van der Waals surface area (Å²) in [5.74, 6) is -0.165. The number of aromatic nitrogens is 1. The first-order valence-electron chi connectivity index (χ1n) is 8.43. The molecule has 0 aliphatic carbocycles. The number of rotatable bonds is 7. The standard InChI is InChI=1S/C18H22N4O4S/c1-4-13-5-7-14(8-6-13)18(25)21-20-16(23)10-27-12(3)17(24)19-15-9-11(2)26-22-15/h5-9,12H,4,10H2,1-3H3,(H,20,23)(H,21,25)(H,19,22,24)/t12-/m1/s1. The molecule has 3 amide bonds. The van der Waals surface area contributed by atoms with E-state index in [0.29, 0.717) is 17.1 Å². The molecule has 9 heteroatoms.